The third-order valence-electron chi connectivity index (χ3n) is 4.59. The standard InChI is InChI=1S/C20H22BrNO2/c1-24-20(16-6-8-18(21)9-7-16)19(23)12-14-2-4-15(5-3-14)17-10-11-22-13-17/h2-9,17,20,22H,10-13H2,1H3. The minimum atomic E-state index is -0.517. The van der Waals surface area contributed by atoms with Gasteiger partial charge >= 0.3 is 0 Å². The van der Waals surface area contributed by atoms with Gasteiger partial charge in [0, 0.05) is 24.5 Å². The van der Waals surface area contributed by atoms with E-state index in [4.69, 9.17) is 4.74 Å². The minimum absolute atomic E-state index is 0.0788. The van der Waals surface area contributed by atoms with Gasteiger partial charge in [-0.2, -0.15) is 0 Å². The molecule has 0 aromatic heterocycles. The summed E-state index contributed by atoms with van der Waals surface area (Å²) in [4.78, 5) is 12.6. The molecule has 1 heterocycles. The fraction of sp³-hybridized carbons (Fsp3) is 0.350. The average molecular weight is 388 g/mol. The molecule has 1 aliphatic rings. The van der Waals surface area contributed by atoms with Crippen LogP contribution < -0.4 is 5.32 Å². The molecule has 2 aromatic carbocycles. The van der Waals surface area contributed by atoms with Crippen LogP contribution in [-0.2, 0) is 16.0 Å². The van der Waals surface area contributed by atoms with Gasteiger partial charge in [-0.05, 0) is 47.7 Å². The van der Waals surface area contributed by atoms with E-state index < -0.39 is 6.10 Å². The summed E-state index contributed by atoms with van der Waals surface area (Å²) in [6, 6.07) is 16.2. The number of halogens is 1. The van der Waals surface area contributed by atoms with Crippen molar-refractivity contribution in [3.05, 3.63) is 69.7 Å². The second kappa shape index (κ2) is 8.06. The van der Waals surface area contributed by atoms with Crippen LogP contribution in [-0.4, -0.2) is 26.0 Å². The summed E-state index contributed by atoms with van der Waals surface area (Å²) in [7, 11) is 1.58. The highest BCUT2D eigenvalue weighted by Crippen LogP contribution is 2.24. The molecule has 0 spiro atoms. The summed E-state index contributed by atoms with van der Waals surface area (Å²) in [6.45, 7) is 2.14. The number of carbonyl (C=O) groups is 1. The summed E-state index contributed by atoms with van der Waals surface area (Å²) in [6.07, 6.45) is 1.06. The van der Waals surface area contributed by atoms with E-state index in [1.807, 2.05) is 24.3 Å². The summed E-state index contributed by atoms with van der Waals surface area (Å²) >= 11 is 3.41. The van der Waals surface area contributed by atoms with E-state index in [9.17, 15) is 4.79 Å². The molecule has 2 atom stereocenters. The van der Waals surface area contributed by atoms with Crippen molar-refractivity contribution in [1.29, 1.82) is 0 Å². The highest BCUT2D eigenvalue weighted by Gasteiger charge is 2.21. The van der Waals surface area contributed by atoms with Crippen LogP contribution in [0.25, 0.3) is 0 Å². The van der Waals surface area contributed by atoms with E-state index in [0.717, 1.165) is 28.7 Å². The maximum Gasteiger partial charge on any atom is 0.170 e. The molecule has 24 heavy (non-hydrogen) atoms. The van der Waals surface area contributed by atoms with E-state index in [0.29, 0.717) is 12.3 Å². The topological polar surface area (TPSA) is 38.3 Å². The molecule has 3 rings (SSSR count). The van der Waals surface area contributed by atoms with Crippen molar-refractivity contribution in [1.82, 2.24) is 5.32 Å². The molecule has 0 amide bonds. The van der Waals surface area contributed by atoms with Crippen molar-refractivity contribution < 1.29 is 9.53 Å². The third kappa shape index (κ3) is 4.12. The Bertz CT molecular complexity index is 676. The van der Waals surface area contributed by atoms with Crippen molar-refractivity contribution in [2.24, 2.45) is 0 Å². The lowest BCUT2D eigenvalue weighted by Crippen LogP contribution is -2.17. The number of Topliss-reactive ketones (excluding diaryl/α,β-unsaturated/α-hetero) is 1. The maximum atomic E-state index is 12.6. The number of hydrogen-bond donors (Lipinski definition) is 1. The molecule has 0 radical (unpaired) electrons. The van der Waals surface area contributed by atoms with E-state index in [-0.39, 0.29) is 5.78 Å². The lowest BCUT2D eigenvalue weighted by atomic mass is 9.95. The smallest absolute Gasteiger partial charge is 0.170 e. The highest BCUT2D eigenvalue weighted by molar-refractivity contribution is 9.10. The molecule has 4 heteroatoms. The van der Waals surface area contributed by atoms with Crippen LogP contribution >= 0.6 is 15.9 Å². The van der Waals surface area contributed by atoms with E-state index in [2.05, 4.69) is 45.5 Å². The Balaban J connectivity index is 1.67. The fourth-order valence-electron chi connectivity index (χ4n) is 3.23. The first-order chi connectivity index (χ1) is 11.7. The molecule has 2 aromatic rings. The van der Waals surface area contributed by atoms with Crippen LogP contribution in [0.3, 0.4) is 0 Å². The molecule has 1 saturated heterocycles. The van der Waals surface area contributed by atoms with Crippen LogP contribution in [0.15, 0.2) is 53.0 Å². The molecule has 2 unspecified atom stereocenters. The first-order valence-corrected chi connectivity index (χ1v) is 9.07. The number of hydrogen-bond acceptors (Lipinski definition) is 3. The Morgan fingerprint density at radius 1 is 1.21 bits per heavy atom. The molecular formula is C20H22BrNO2. The molecular weight excluding hydrogens is 366 g/mol. The van der Waals surface area contributed by atoms with Crippen LogP contribution in [0.4, 0.5) is 0 Å². The predicted molar refractivity (Wildman–Crippen MR) is 99.3 cm³/mol. The number of rotatable bonds is 6. The van der Waals surface area contributed by atoms with Crippen LogP contribution in [0, 0.1) is 0 Å². The number of nitrogens with one attached hydrogen (secondary N) is 1. The van der Waals surface area contributed by atoms with Crippen LogP contribution in [0.1, 0.15) is 35.1 Å². The third-order valence-corrected chi connectivity index (χ3v) is 5.12. The average Bonchev–Trinajstić information content (AvgIpc) is 3.12. The lowest BCUT2D eigenvalue weighted by Gasteiger charge is -2.15. The molecule has 1 aliphatic heterocycles. The van der Waals surface area contributed by atoms with Crippen LogP contribution in [0.5, 0.6) is 0 Å². The summed E-state index contributed by atoms with van der Waals surface area (Å²) < 4.78 is 6.43. The van der Waals surface area contributed by atoms with E-state index in [1.165, 1.54) is 12.0 Å². The number of carbonyl (C=O) groups excluding carboxylic acids is 1. The van der Waals surface area contributed by atoms with Crippen molar-refractivity contribution in [3.63, 3.8) is 0 Å². The Morgan fingerprint density at radius 2 is 1.92 bits per heavy atom. The number of benzene rings is 2. The van der Waals surface area contributed by atoms with Gasteiger partial charge in [0.2, 0.25) is 0 Å². The van der Waals surface area contributed by atoms with Gasteiger partial charge in [0.1, 0.15) is 6.10 Å². The van der Waals surface area contributed by atoms with Gasteiger partial charge in [0.05, 0.1) is 0 Å². The molecule has 0 aliphatic carbocycles. The molecule has 1 N–H and O–H groups in total. The number of ether oxygens (including phenoxy) is 1. The molecule has 0 bridgehead atoms. The zero-order valence-electron chi connectivity index (χ0n) is 13.8. The highest BCUT2D eigenvalue weighted by atomic mass is 79.9. The summed E-state index contributed by atoms with van der Waals surface area (Å²) in [5.41, 5.74) is 3.28. The Labute approximate surface area is 151 Å². The van der Waals surface area contributed by atoms with Crippen LogP contribution in [0.2, 0.25) is 0 Å². The largest absolute Gasteiger partial charge is 0.369 e. The lowest BCUT2D eigenvalue weighted by molar-refractivity contribution is -0.128. The quantitative estimate of drug-likeness (QED) is 0.812. The van der Waals surface area contributed by atoms with Crippen molar-refractivity contribution in [3.8, 4) is 0 Å². The van der Waals surface area contributed by atoms with Gasteiger partial charge in [0.25, 0.3) is 0 Å². The van der Waals surface area contributed by atoms with Crippen molar-refractivity contribution in [2.45, 2.75) is 24.9 Å². The Hall–Kier alpha value is -1.49. The van der Waals surface area contributed by atoms with Gasteiger partial charge < -0.3 is 10.1 Å². The maximum absolute atomic E-state index is 12.6. The van der Waals surface area contributed by atoms with Crippen molar-refractivity contribution in [2.75, 3.05) is 20.2 Å². The minimum Gasteiger partial charge on any atom is -0.369 e. The first kappa shape index (κ1) is 17.3. The second-order valence-corrected chi connectivity index (χ2v) is 7.16. The Kier molecular flexibility index (Phi) is 5.82. The Morgan fingerprint density at radius 3 is 2.50 bits per heavy atom. The van der Waals surface area contributed by atoms with E-state index in [1.54, 1.807) is 7.11 Å². The van der Waals surface area contributed by atoms with Gasteiger partial charge in [0.15, 0.2) is 5.78 Å². The normalized spacial score (nSPS) is 18.5. The zero-order chi connectivity index (χ0) is 16.9. The fourth-order valence-corrected chi connectivity index (χ4v) is 3.50. The number of ketones is 1. The second-order valence-electron chi connectivity index (χ2n) is 6.24. The summed E-state index contributed by atoms with van der Waals surface area (Å²) in [5, 5.41) is 3.39. The monoisotopic (exact) mass is 387 g/mol. The van der Waals surface area contributed by atoms with E-state index >= 15 is 0 Å². The zero-order valence-corrected chi connectivity index (χ0v) is 15.4. The SMILES string of the molecule is COC(C(=O)Cc1ccc(C2CCNC2)cc1)c1ccc(Br)cc1. The molecule has 3 nitrogen and oxygen atoms in total. The van der Waals surface area contributed by atoms with Gasteiger partial charge in [-0.1, -0.05) is 52.3 Å². The van der Waals surface area contributed by atoms with Crippen molar-refractivity contribution >= 4 is 21.7 Å². The first-order valence-electron chi connectivity index (χ1n) is 8.28. The van der Waals surface area contributed by atoms with Gasteiger partial charge in [-0.15, -0.1) is 0 Å². The van der Waals surface area contributed by atoms with Gasteiger partial charge in [-0.3, -0.25) is 4.79 Å². The molecule has 0 saturated carbocycles. The van der Waals surface area contributed by atoms with Gasteiger partial charge in [-0.25, -0.2) is 0 Å². The molecule has 1 fully saturated rings. The summed E-state index contributed by atoms with van der Waals surface area (Å²) in [5.74, 6) is 0.680. The number of methoxy groups -OCH3 is 1. The predicted octanol–water partition coefficient (Wildman–Crippen LogP) is 4.03. The molecule has 126 valence electrons.